The van der Waals surface area contributed by atoms with Crippen LogP contribution in [0, 0.1) is 0 Å². The first-order valence-corrected chi connectivity index (χ1v) is 6.03. The van der Waals surface area contributed by atoms with E-state index in [4.69, 9.17) is 14.5 Å². The fourth-order valence-electron chi connectivity index (χ4n) is 1.01. The van der Waals surface area contributed by atoms with Crippen LogP contribution >= 0.6 is 0 Å². The molecule has 0 amide bonds. The summed E-state index contributed by atoms with van der Waals surface area (Å²) in [5.74, 6) is 0. The maximum atomic E-state index is 5.44. The van der Waals surface area contributed by atoms with Crippen LogP contribution in [0.2, 0.25) is 0 Å². The summed E-state index contributed by atoms with van der Waals surface area (Å²) < 4.78 is 5.44. The first kappa shape index (κ1) is 15.9. The van der Waals surface area contributed by atoms with Crippen LogP contribution in [0.1, 0.15) is 41.0 Å². The van der Waals surface area contributed by atoms with Gasteiger partial charge < -0.3 is 4.74 Å². The summed E-state index contributed by atoms with van der Waals surface area (Å²) >= 11 is 0. The van der Waals surface area contributed by atoms with E-state index in [1.165, 1.54) is 0 Å². The molecule has 3 nitrogen and oxygen atoms in total. The normalized spacial score (nSPS) is 16.6. The third kappa shape index (κ3) is 7.77. The highest BCUT2D eigenvalue weighted by Gasteiger charge is 2.13. The molecular weight excluding hydrogens is 216 g/mol. The van der Waals surface area contributed by atoms with E-state index in [0.717, 1.165) is 12.0 Å². The van der Waals surface area contributed by atoms with Crippen LogP contribution in [0.3, 0.4) is 0 Å². The Kier molecular flexibility index (Phi) is 9.49. The summed E-state index contributed by atoms with van der Waals surface area (Å²) in [4.78, 5) is 10.5. The van der Waals surface area contributed by atoms with Gasteiger partial charge >= 0.3 is 0 Å². The highest BCUT2D eigenvalue weighted by molar-refractivity contribution is 5.00. The van der Waals surface area contributed by atoms with Crippen LogP contribution < -0.4 is 0 Å². The first-order valence-electron chi connectivity index (χ1n) is 6.03. The number of hydrogen-bond acceptors (Lipinski definition) is 3. The van der Waals surface area contributed by atoms with Gasteiger partial charge in [-0.2, -0.15) is 4.89 Å². The summed E-state index contributed by atoms with van der Waals surface area (Å²) in [5, 5.41) is 0. The molecule has 0 heterocycles. The third-order valence-electron chi connectivity index (χ3n) is 2.12. The Balaban J connectivity index is 4.24. The molecule has 0 rings (SSSR count). The molecule has 0 aliphatic heterocycles. The molecule has 2 atom stereocenters. The molecule has 0 saturated carbocycles. The van der Waals surface area contributed by atoms with Gasteiger partial charge in [0.2, 0.25) is 0 Å². The second-order valence-corrected chi connectivity index (χ2v) is 3.70. The van der Waals surface area contributed by atoms with Gasteiger partial charge in [0.15, 0.2) is 0 Å². The summed E-state index contributed by atoms with van der Waals surface area (Å²) in [6.07, 6.45) is 9.68. The number of hydrogen-bond donors (Lipinski definition) is 0. The van der Waals surface area contributed by atoms with Crippen molar-refractivity contribution in [1.82, 2.24) is 0 Å². The van der Waals surface area contributed by atoms with Crippen molar-refractivity contribution in [3.63, 3.8) is 0 Å². The largest absolute Gasteiger partial charge is 0.466 e. The van der Waals surface area contributed by atoms with E-state index in [9.17, 15) is 0 Å². The second kappa shape index (κ2) is 10.1. The Hall–Kier alpha value is -1.06. The highest BCUT2D eigenvalue weighted by Crippen LogP contribution is 2.11. The minimum absolute atomic E-state index is 0.0917. The molecule has 2 unspecified atom stereocenters. The number of ether oxygens (including phenoxy) is 1. The summed E-state index contributed by atoms with van der Waals surface area (Å²) in [5.41, 5.74) is 0.971. The van der Waals surface area contributed by atoms with Crippen LogP contribution in [0.25, 0.3) is 0 Å². The molecule has 0 saturated heterocycles. The lowest BCUT2D eigenvalue weighted by atomic mass is 10.3. The Morgan fingerprint density at radius 1 is 1.24 bits per heavy atom. The molecule has 0 aliphatic carbocycles. The van der Waals surface area contributed by atoms with E-state index in [1.54, 1.807) is 6.26 Å². The van der Waals surface area contributed by atoms with Crippen molar-refractivity contribution < 1.29 is 14.5 Å². The molecule has 0 aromatic carbocycles. The van der Waals surface area contributed by atoms with Crippen LogP contribution in [0.4, 0.5) is 0 Å². The second-order valence-electron chi connectivity index (χ2n) is 3.70. The Morgan fingerprint density at radius 3 is 2.47 bits per heavy atom. The predicted molar refractivity (Wildman–Crippen MR) is 70.2 cm³/mol. The van der Waals surface area contributed by atoms with Crippen molar-refractivity contribution in [3.8, 4) is 0 Å². The molecule has 0 bridgehead atoms. The van der Waals surface area contributed by atoms with Crippen LogP contribution in [-0.2, 0) is 14.5 Å². The van der Waals surface area contributed by atoms with E-state index in [1.807, 2.05) is 58.9 Å². The monoisotopic (exact) mass is 240 g/mol. The maximum Gasteiger partial charge on any atom is 0.251 e. The van der Waals surface area contributed by atoms with Gasteiger partial charge in [0.25, 0.3) is 6.29 Å². The standard InChI is InChI=1S/C14H24O3/c1-6-9-11-15-14(12(4)8-3)17-16-13(5)10-7-2/h7-11,13-14H,6H2,1-5H3. The minimum Gasteiger partial charge on any atom is -0.466 e. The van der Waals surface area contributed by atoms with Crippen LogP contribution in [0.15, 0.2) is 36.1 Å². The molecule has 0 N–H and O–H groups in total. The van der Waals surface area contributed by atoms with Crippen LogP contribution in [0.5, 0.6) is 0 Å². The van der Waals surface area contributed by atoms with Crippen molar-refractivity contribution in [2.45, 2.75) is 53.4 Å². The van der Waals surface area contributed by atoms with Crippen molar-refractivity contribution in [1.29, 1.82) is 0 Å². The van der Waals surface area contributed by atoms with E-state index < -0.39 is 6.29 Å². The smallest absolute Gasteiger partial charge is 0.251 e. The molecule has 0 aliphatic rings. The summed E-state index contributed by atoms with van der Waals surface area (Å²) in [6, 6.07) is 0. The average Bonchev–Trinajstić information content (AvgIpc) is 2.33. The van der Waals surface area contributed by atoms with Gasteiger partial charge in [-0.1, -0.05) is 25.2 Å². The van der Waals surface area contributed by atoms with Crippen molar-refractivity contribution in [2.24, 2.45) is 0 Å². The van der Waals surface area contributed by atoms with Gasteiger partial charge in [-0.25, -0.2) is 4.89 Å². The zero-order valence-electron chi connectivity index (χ0n) is 11.5. The van der Waals surface area contributed by atoms with Crippen LogP contribution in [-0.4, -0.2) is 12.4 Å². The quantitative estimate of drug-likeness (QED) is 0.210. The highest BCUT2D eigenvalue weighted by atomic mass is 17.2. The van der Waals surface area contributed by atoms with Gasteiger partial charge in [-0.05, 0) is 45.8 Å². The molecule has 0 fully saturated rings. The maximum absolute atomic E-state index is 5.44. The minimum atomic E-state index is -0.490. The molecule has 3 heteroatoms. The summed E-state index contributed by atoms with van der Waals surface area (Å²) in [6.45, 7) is 9.77. The topological polar surface area (TPSA) is 27.7 Å². The van der Waals surface area contributed by atoms with Gasteiger partial charge in [0.1, 0.15) is 6.10 Å². The lowest BCUT2D eigenvalue weighted by Crippen LogP contribution is -2.19. The van der Waals surface area contributed by atoms with E-state index in [-0.39, 0.29) is 6.10 Å². The zero-order chi connectivity index (χ0) is 13.1. The molecule has 98 valence electrons. The predicted octanol–water partition coefficient (Wildman–Crippen LogP) is 4.13. The lowest BCUT2D eigenvalue weighted by molar-refractivity contribution is -0.371. The van der Waals surface area contributed by atoms with Crippen molar-refractivity contribution in [2.75, 3.05) is 0 Å². The molecule has 0 spiro atoms. The Labute approximate surface area is 105 Å². The number of allylic oxidation sites excluding steroid dienone is 3. The molecule has 17 heavy (non-hydrogen) atoms. The van der Waals surface area contributed by atoms with Gasteiger partial charge in [-0.15, -0.1) is 0 Å². The fraction of sp³-hybridized carbons (Fsp3) is 0.571. The van der Waals surface area contributed by atoms with Crippen molar-refractivity contribution in [3.05, 3.63) is 36.1 Å². The van der Waals surface area contributed by atoms with Gasteiger partial charge in [0, 0.05) is 0 Å². The van der Waals surface area contributed by atoms with E-state index >= 15 is 0 Å². The zero-order valence-corrected chi connectivity index (χ0v) is 11.5. The van der Waals surface area contributed by atoms with E-state index in [2.05, 4.69) is 0 Å². The lowest BCUT2D eigenvalue weighted by Gasteiger charge is -2.18. The van der Waals surface area contributed by atoms with Gasteiger partial charge in [-0.3, -0.25) is 0 Å². The first-order chi connectivity index (χ1) is 8.15. The van der Waals surface area contributed by atoms with Gasteiger partial charge in [0.05, 0.1) is 6.26 Å². The average molecular weight is 240 g/mol. The van der Waals surface area contributed by atoms with E-state index in [0.29, 0.717) is 0 Å². The SMILES string of the molecule is CC=CC(C)OOC(OC=CCC)C(C)=CC. The Morgan fingerprint density at radius 2 is 1.94 bits per heavy atom. The Bertz CT molecular complexity index is 267. The number of rotatable bonds is 8. The molecule has 0 radical (unpaired) electrons. The third-order valence-corrected chi connectivity index (χ3v) is 2.12. The fourth-order valence-corrected chi connectivity index (χ4v) is 1.01. The molecule has 0 aromatic heterocycles. The van der Waals surface area contributed by atoms with Crippen molar-refractivity contribution >= 4 is 0 Å². The summed E-state index contributed by atoms with van der Waals surface area (Å²) in [7, 11) is 0. The molecular formula is C14H24O3. The molecule has 0 aromatic rings.